The van der Waals surface area contributed by atoms with Gasteiger partial charge in [-0.2, -0.15) is 0 Å². The van der Waals surface area contributed by atoms with Gasteiger partial charge in [-0.3, -0.25) is 0 Å². The molecule has 0 aliphatic carbocycles. The predicted molar refractivity (Wildman–Crippen MR) is 109 cm³/mol. The van der Waals surface area contributed by atoms with Crippen LogP contribution in [0.15, 0.2) is 77.7 Å². The van der Waals surface area contributed by atoms with Gasteiger partial charge in [-0.1, -0.05) is 24.3 Å². The second-order valence-corrected chi connectivity index (χ2v) is 7.88. The van der Waals surface area contributed by atoms with Crippen LogP contribution in [0.4, 0.5) is 5.69 Å². The molecule has 0 radical (unpaired) electrons. The van der Waals surface area contributed by atoms with Crippen LogP contribution in [-0.4, -0.2) is 22.1 Å². The monoisotopic (exact) mass is 398 g/mol. The Morgan fingerprint density at radius 3 is 2.18 bits per heavy atom. The fraction of sp³-hybridized carbons (Fsp3) is 0.143. The van der Waals surface area contributed by atoms with Crippen LogP contribution >= 0.6 is 0 Å². The van der Waals surface area contributed by atoms with Gasteiger partial charge in [-0.05, 0) is 60.5 Å². The number of hydrogen-bond acceptors (Lipinski definition) is 5. The quantitative estimate of drug-likeness (QED) is 0.566. The first kappa shape index (κ1) is 19.7. The molecule has 3 aromatic carbocycles. The molecule has 0 bridgehead atoms. The number of ether oxygens (including phenoxy) is 2. The van der Waals surface area contributed by atoms with Crippen LogP contribution in [0, 0.1) is 0 Å². The van der Waals surface area contributed by atoms with E-state index in [2.05, 4.69) is 4.72 Å². The molecule has 3 rings (SSSR count). The standard InChI is InChI=1S/C21H22N2O4S/c1-26-20-4-2-3-5-21(20)27-18-10-6-16(7-11-18)14-15-23-28(24,25)19-12-8-17(22)9-13-19/h2-13,23H,14-15,22H2,1H3. The van der Waals surface area contributed by atoms with E-state index in [1.54, 1.807) is 19.2 Å². The van der Waals surface area contributed by atoms with Crippen LogP contribution in [0.25, 0.3) is 0 Å². The fourth-order valence-electron chi connectivity index (χ4n) is 2.61. The Hall–Kier alpha value is -3.03. The minimum absolute atomic E-state index is 0.197. The van der Waals surface area contributed by atoms with Crippen molar-refractivity contribution in [3.8, 4) is 17.2 Å². The summed E-state index contributed by atoms with van der Waals surface area (Å²) in [5.74, 6) is 1.97. The lowest BCUT2D eigenvalue weighted by molar-refractivity contribution is 0.379. The fourth-order valence-corrected chi connectivity index (χ4v) is 3.65. The van der Waals surface area contributed by atoms with E-state index in [0.717, 1.165) is 5.56 Å². The van der Waals surface area contributed by atoms with Crippen molar-refractivity contribution in [2.45, 2.75) is 11.3 Å². The molecule has 0 heterocycles. The van der Waals surface area contributed by atoms with Crippen molar-refractivity contribution in [3.63, 3.8) is 0 Å². The first-order valence-electron chi connectivity index (χ1n) is 8.73. The average Bonchev–Trinajstić information content (AvgIpc) is 2.70. The zero-order valence-electron chi connectivity index (χ0n) is 15.5. The van der Waals surface area contributed by atoms with Crippen molar-refractivity contribution in [2.75, 3.05) is 19.4 Å². The van der Waals surface area contributed by atoms with E-state index in [-0.39, 0.29) is 4.90 Å². The Balaban J connectivity index is 1.56. The highest BCUT2D eigenvalue weighted by Crippen LogP contribution is 2.30. The number of benzene rings is 3. The number of methoxy groups -OCH3 is 1. The number of sulfonamides is 1. The zero-order chi connectivity index (χ0) is 20.0. The summed E-state index contributed by atoms with van der Waals surface area (Å²) in [4.78, 5) is 0.197. The number of anilines is 1. The van der Waals surface area contributed by atoms with E-state index in [4.69, 9.17) is 15.2 Å². The van der Waals surface area contributed by atoms with E-state index in [1.165, 1.54) is 12.1 Å². The molecule has 0 aliphatic rings. The normalized spacial score (nSPS) is 11.2. The maximum atomic E-state index is 12.3. The highest BCUT2D eigenvalue weighted by Gasteiger charge is 2.13. The lowest BCUT2D eigenvalue weighted by Gasteiger charge is -2.11. The zero-order valence-corrected chi connectivity index (χ0v) is 16.3. The van der Waals surface area contributed by atoms with Gasteiger partial charge in [0, 0.05) is 12.2 Å². The van der Waals surface area contributed by atoms with Gasteiger partial charge in [0.15, 0.2) is 11.5 Å². The first-order valence-corrected chi connectivity index (χ1v) is 10.2. The van der Waals surface area contributed by atoms with Crippen molar-refractivity contribution >= 4 is 15.7 Å². The Kier molecular flexibility index (Phi) is 6.18. The van der Waals surface area contributed by atoms with Crippen molar-refractivity contribution < 1.29 is 17.9 Å². The molecule has 0 atom stereocenters. The van der Waals surface area contributed by atoms with Crippen molar-refractivity contribution in [2.24, 2.45) is 0 Å². The van der Waals surface area contributed by atoms with Crippen LogP contribution in [-0.2, 0) is 16.4 Å². The highest BCUT2D eigenvalue weighted by molar-refractivity contribution is 7.89. The van der Waals surface area contributed by atoms with E-state index in [9.17, 15) is 8.42 Å². The number of nitrogens with one attached hydrogen (secondary N) is 1. The van der Waals surface area contributed by atoms with Crippen molar-refractivity contribution in [3.05, 3.63) is 78.4 Å². The first-order chi connectivity index (χ1) is 13.5. The highest BCUT2D eigenvalue weighted by atomic mass is 32.2. The summed E-state index contributed by atoms with van der Waals surface area (Å²) in [5, 5.41) is 0. The number of nitrogens with two attached hydrogens (primary N) is 1. The second-order valence-electron chi connectivity index (χ2n) is 6.11. The van der Waals surface area contributed by atoms with Gasteiger partial charge in [0.2, 0.25) is 10.0 Å². The third-order valence-electron chi connectivity index (χ3n) is 4.12. The molecular weight excluding hydrogens is 376 g/mol. The van der Waals surface area contributed by atoms with Gasteiger partial charge in [0.25, 0.3) is 0 Å². The summed E-state index contributed by atoms with van der Waals surface area (Å²) in [5.41, 5.74) is 7.11. The molecule has 0 unspecified atom stereocenters. The average molecular weight is 398 g/mol. The third-order valence-corrected chi connectivity index (χ3v) is 5.59. The summed E-state index contributed by atoms with van der Waals surface area (Å²) < 4.78 is 38.2. The smallest absolute Gasteiger partial charge is 0.240 e. The van der Waals surface area contributed by atoms with Crippen LogP contribution in [0.5, 0.6) is 17.2 Å². The lowest BCUT2D eigenvalue weighted by atomic mass is 10.1. The van der Waals surface area contributed by atoms with E-state index in [0.29, 0.717) is 35.9 Å². The molecule has 146 valence electrons. The van der Waals surface area contributed by atoms with Gasteiger partial charge in [-0.15, -0.1) is 0 Å². The molecule has 3 N–H and O–H groups in total. The molecule has 0 amide bonds. The van der Waals surface area contributed by atoms with Crippen LogP contribution in [0.2, 0.25) is 0 Å². The molecule has 7 heteroatoms. The summed E-state index contributed by atoms with van der Waals surface area (Å²) in [6.45, 7) is 0.291. The maximum Gasteiger partial charge on any atom is 0.240 e. The molecule has 0 saturated carbocycles. The van der Waals surface area contributed by atoms with Gasteiger partial charge in [0.05, 0.1) is 12.0 Å². The summed E-state index contributed by atoms with van der Waals surface area (Å²) in [6, 6.07) is 21.0. The van der Waals surface area contributed by atoms with E-state index in [1.807, 2.05) is 48.5 Å². The van der Waals surface area contributed by atoms with Crippen LogP contribution in [0.1, 0.15) is 5.56 Å². The van der Waals surface area contributed by atoms with Gasteiger partial charge in [-0.25, -0.2) is 13.1 Å². The molecule has 3 aromatic rings. The summed E-state index contributed by atoms with van der Waals surface area (Å²) >= 11 is 0. The molecular formula is C21H22N2O4S. The van der Waals surface area contributed by atoms with Crippen molar-refractivity contribution in [1.82, 2.24) is 4.72 Å². The number of rotatable bonds is 8. The molecule has 6 nitrogen and oxygen atoms in total. The number of para-hydroxylation sites is 2. The Labute approximate surface area is 165 Å². The summed E-state index contributed by atoms with van der Waals surface area (Å²) in [7, 11) is -1.95. The Morgan fingerprint density at radius 1 is 0.893 bits per heavy atom. The molecule has 0 aromatic heterocycles. The Morgan fingerprint density at radius 2 is 1.54 bits per heavy atom. The number of nitrogen functional groups attached to an aromatic ring is 1. The SMILES string of the molecule is COc1ccccc1Oc1ccc(CCNS(=O)(=O)c2ccc(N)cc2)cc1. The minimum Gasteiger partial charge on any atom is -0.493 e. The van der Waals surface area contributed by atoms with Crippen LogP contribution < -0.4 is 19.9 Å². The maximum absolute atomic E-state index is 12.3. The predicted octanol–water partition coefficient (Wildman–Crippen LogP) is 3.59. The lowest BCUT2D eigenvalue weighted by Crippen LogP contribution is -2.25. The van der Waals surface area contributed by atoms with Crippen LogP contribution in [0.3, 0.4) is 0 Å². The molecule has 0 aliphatic heterocycles. The second kappa shape index (κ2) is 8.77. The van der Waals surface area contributed by atoms with E-state index >= 15 is 0 Å². The van der Waals surface area contributed by atoms with E-state index < -0.39 is 10.0 Å². The Bertz CT molecular complexity index is 1020. The third kappa shape index (κ3) is 5.03. The molecule has 0 spiro atoms. The largest absolute Gasteiger partial charge is 0.493 e. The molecule has 28 heavy (non-hydrogen) atoms. The van der Waals surface area contributed by atoms with Gasteiger partial charge < -0.3 is 15.2 Å². The molecule has 0 fully saturated rings. The van der Waals surface area contributed by atoms with Crippen molar-refractivity contribution in [1.29, 1.82) is 0 Å². The molecule has 0 saturated heterocycles. The topological polar surface area (TPSA) is 90.6 Å². The van der Waals surface area contributed by atoms with Gasteiger partial charge >= 0.3 is 0 Å². The minimum atomic E-state index is -3.55. The summed E-state index contributed by atoms with van der Waals surface area (Å²) in [6.07, 6.45) is 0.559. The number of hydrogen-bond donors (Lipinski definition) is 2. The van der Waals surface area contributed by atoms with Gasteiger partial charge in [0.1, 0.15) is 5.75 Å².